The van der Waals surface area contributed by atoms with Gasteiger partial charge in [-0.15, -0.1) is 0 Å². The van der Waals surface area contributed by atoms with Crippen LogP contribution in [0.25, 0.3) is 10.9 Å². The lowest BCUT2D eigenvalue weighted by Crippen LogP contribution is -2.39. The molecule has 4 aromatic rings. The third-order valence-electron chi connectivity index (χ3n) is 5.24. The van der Waals surface area contributed by atoms with E-state index in [2.05, 4.69) is 11.8 Å². The van der Waals surface area contributed by atoms with Gasteiger partial charge in [0.2, 0.25) is 0 Å². The topological polar surface area (TPSA) is 61.1 Å². The van der Waals surface area contributed by atoms with E-state index in [4.69, 9.17) is 11.6 Å². The number of nitrogens with zero attached hydrogens (tertiary/aromatic N) is 2. The summed E-state index contributed by atoms with van der Waals surface area (Å²) in [6.45, 7) is 0.0854. The lowest BCUT2D eigenvalue weighted by molar-refractivity contribution is 0.108. The summed E-state index contributed by atoms with van der Waals surface area (Å²) in [6, 6.07) is 21.7. The maximum Gasteiger partial charge on any atom is 0.331 e. The molecule has 0 bridgehead atoms. The Balaban J connectivity index is 1.70. The van der Waals surface area contributed by atoms with Crippen molar-refractivity contribution in [1.29, 1.82) is 0 Å². The van der Waals surface area contributed by atoms with Crippen LogP contribution in [0.1, 0.15) is 27.0 Å². The molecular formula is C26H19ClN2O3. The van der Waals surface area contributed by atoms with Crippen LogP contribution < -0.4 is 11.2 Å². The van der Waals surface area contributed by atoms with Gasteiger partial charge < -0.3 is 0 Å². The molecule has 1 heterocycles. The second-order valence-electron chi connectivity index (χ2n) is 7.40. The molecular weight excluding hydrogens is 424 g/mol. The molecule has 0 saturated carbocycles. The van der Waals surface area contributed by atoms with Gasteiger partial charge >= 0.3 is 5.69 Å². The van der Waals surface area contributed by atoms with Crippen LogP contribution in [0.2, 0.25) is 0 Å². The fourth-order valence-electron chi connectivity index (χ4n) is 3.50. The minimum absolute atomic E-state index is 0.0854. The van der Waals surface area contributed by atoms with Gasteiger partial charge in [-0.3, -0.25) is 18.7 Å². The second-order valence-corrected chi connectivity index (χ2v) is 7.74. The number of carbonyl (C=O) groups excluding carboxylic acids is 1. The highest BCUT2D eigenvalue weighted by molar-refractivity contribution is 6.67. The SMILES string of the molecule is Cn1c(=O)n(Cc2ccc(C(=O)Cl)cc2)c(=O)c2cc(C#CCc3ccccc3)ccc21. The van der Waals surface area contributed by atoms with Crippen molar-refractivity contribution in [3.63, 3.8) is 0 Å². The predicted molar refractivity (Wildman–Crippen MR) is 126 cm³/mol. The highest BCUT2D eigenvalue weighted by Gasteiger charge is 2.12. The minimum Gasteiger partial charge on any atom is -0.296 e. The summed E-state index contributed by atoms with van der Waals surface area (Å²) in [5.41, 5.74) is 2.65. The minimum atomic E-state index is -0.559. The fraction of sp³-hybridized carbons (Fsp3) is 0.115. The van der Waals surface area contributed by atoms with Gasteiger partial charge in [-0.1, -0.05) is 54.3 Å². The summed E-state index contributed by atoms with van der Waals surface area (Å²) in [6.07, 6.45) is 0.608. The quantitative estimate of drug-likeness (QED) is 0.357. The van der Waals surface area contributed by atoms with Gasteiger partial charge in [-0.2, -0.15) is 0 Å². The van der Waals surface area contributed by atoms with E-state index < -0.39 is 10.9 Å². The first-order valence-corrected chi connectivity index (χ1v) is 10.4. The van der Waals surface area contributed by atoms with Crippen LogP contribution in [-0.2, 0) is 20.0 Å². The molecule has 0 fully saturated rings. The van der Waals surface area contributed by atoms with Crippen LogP contribution in [0.15, 0.2) is 82.4 Å². The first-order chi connectivity index (χ1) is 15.4. The third kappa shape index (κ3) is 4.41. The molecule has 0 radical (unpaired) electrons. The zero-order chi connectivity index (χ0) is 22.7. The number of aryl methyl sites for hydroxylation is 1. The molecule has 0 amide bonds. The molecule has 6 heteroatoms. The number of benzene rings is 3. The number of halogens is 1. The molecule has 1 aromatic heterocycles. The lowest BCUT2D eigenvalue weighted by atomic mass is 10.1. The zero-order valence-corrected chi connectivity index (χ0v) is 18.1. The average Bonchev–Trinajstić information content (AvgIpc) is 2.81. The van der Waals surface area contributed by atoms with Gasteiger partial charge in [0.25, 0.3) is 10.8 Å². The first-order valence-electron chi connectivity index (χ1n) is 9.99. The van der Waals surface area contributed by atoms with E-state index in [1.54, 1.807) is 43.4 Å². The van der Waals surface area contributed by atoms with Crippen LogP contribution in [-0.4, -0.2) is 14.4 Å². The Labute approximate surface area is 189 Å². The third-order valence-corrected chi connectivity index (χ3v) is 5.46. The maximum atomic E-state index is 13.2. The Morgan fingerprint density at radius 1 is 0.938 bits per heavy atom. The van der Waals surface area contributed by atoms with E-state index in [0.717, 1.165) is 5.56 Å². The Morgan fingerprint density at radius 2 is 1.66 bits per heavy atom. The summed E-state index contributed by atoms with van der Waals surface area (Å²) < 4.78 is 2.63. The van der Waals surface area contributed by atoms with Crippen molar-refractivity contribution in [1.82, 2.24) is 9.13 Å². The van der Waals surface area contributed by atoms with Gasteiger partial charge in [0.15, 0.2) is 0 Å². The van der Waals surface area contributed by atoms with Gasteiger partial charge in [-0.25, -0.2) is 4.79 Å². The first kappa shape index (κ1) is 21.4. The smallest absolute Gasteiger partial charge is 0.296 e. The van der Waals surface area contributed by atoms with Crippen LogP contribution in [0, 0.1) is 11.8 Å². The highest BCUT2D eigenvalue weighted by Crippen LogP contribution is 2.12. The van der Waals surface area contributed by atoms with Gasteiger partial charge in [0.05, 0.1) is 17.4 Å². The van der Waals surface area contributed by atoms with Crippen molar-refractivity contribution in [3.05, 3.63) is 116 Å². The van der Waals surface area contributed by atoms with E-state index in [1.807, 2.05) is 36.4 Å². The normalized spacial score (nSPS) is 10.6. The molecule has 0 saturated heterocycles. The maximum absolute atomic E-state index is 13.2. The molecule has 0 aliphatic carbocycles. The molecule has 0 aliphatic rings. The summed E-state index contributed by atoms with van der Waals surface area (Å²) >= 11 is 5.48. The summed E-state index contributed by atoms with van der Waals surface area (Å²) in [5, 5.41) is -0.137. The fourth-order valence-corrected chi connectivity index (χ4v) is 3.63. The van der Waals surface area contributed by atoms with Crippen molar-refractivity contribution in [2.75, 3.05) is 0 Å². The van der Waals surface area contributed by atoms with Crippen LogP contribution in [0.3, 0.4) is 0 Å². The summed E-state index contributed by atoms with van der Waals surface area (Å²) in [4.78, 5) is 37.2. The number of hydrogen-bond donors (Lipinski definition) is 0. The molecule has 4 rings (SSSR count). The monoisotopic (exact) mass is 442 g/mol. The molecule has 158 valence electrons. The second kappa shape index (κ2) is 9.09. The lowest BCUT2D eigenvalue weighted by Gasteiger charge is -2.11. The molecule has 32 heavy (non-hydrogen) atoms. The van der Waals surface area contributed by atoms with Gasteiger partial charge in [-0.05, 0) is 53.1 Å². The average molecular weight is 443 g/mol. The van der Waals surface area contributed by atoms with Crippen molar-refractivity contribution < 1.29 is 4.79 Å². The van der Waals surface area contributed by atoms with Gasteiger partial charge in [0, 0.05) is 24.6 Å². The van der Waals surface area contributed by atoms with Crippen molar-refractivity contribution in [2.24, 2.45) is 7.05 Å². The molecule has 0 unspecified atom stereocenters. The summed E-state index contributed by atoms with van der Waals surface area (Å²) in [5.74, 6) is 6.23. The Hall–Kier alpha value is -3.88. The molecule has 0 atom stereocenters. The van der Waals surface area contributed by atoms with Crippen LogP contribution in [0.4, 0.5) is 0 Å². The van der Waals surface area contributed by atoms with Crippen LogP contribution in [0.5, 0.6) is 0 Å². The number of carbonyl (C=O) groups is 1. The molecule has 0 aliphatic heterocycles. The van der Waals surface area contributed by atoms with E-state index in [9.17, 15) is 14.4 Å². The predicted octanol–water partition coefficient (Wildman–Crippen LogP) is 3.72. The van der Waals surface area contributed by atoms with Crippen molar-refractivity contribution >= 4 is 27.7 Å². The van der Waals surface area contributed by atoms with E-state index in [-0.39, 0.29) is 12.1 Å². The highest BCUT2D eigenvalue weighted by atomic mass is 35.5. The Bertz CT molecular complexity index is 1490. The largest absolute Gasteiger partial charge is 0.331 e. The van der Waals surface area contributed by atoms with Crippen molar-refractivity contribution in [2.45, 2.75) is 13.0 Å². The number of aromatic nitrogens is 2. The standard InChI is InChI=1S/C26H19ClN2O3/c1-28-23-15-12-19(9-5-8-18-6-3-2-4-7-18)16-22(23)25(31)29(26(28)32)17-20-10-13-21(14-11-20)24(27)30/h2-4,6-7,10-16H,8,17H2,1H3. The molecule has 0 spiro atoms. The number of rotatable bonds is 4. The van der Waals surface area contributed by atoms with Crippen molar-refractivity contribution in [3.8, 4) is 11.8 Å². The van der Waals surface area contributed by atoms with E-state index in [0.29, 0.717) is 34.0 Å². The van der Waals surface area contributed by atoms with Gasteiger partial charge in [0.1, 0.15) is 0 Å². The van der Waals surface area contributed by atoms with Crippen LogP contribution >= 0.6 is 11.6 Å². The molecule has 5 nitrogen and oxygen atoms in total. The molecule has 3 aromatic carbocycles. The van der Waals surface area contributed by atoms with E-state index >= 15 is 0 Å². The summed E-state index contributed by atoms with van der Waals surface area (Å²) in [7, 11) is 1.64. The Morgan fingerprint density at radius 3 is 2.34 bits per heavy atom. The number of hydrogen-bond acceptors (Lipinski definition) is 3. The Kier molecular flexibility index (Phi) is 6.07. The van der Waals surface area contributed by atoms with E-state index in [1.165, 1.54) is 9.13 Å². The number of fused-ring (bicyclic) bond motifs is 1. The zero-order valence-electron chi connectivity index (χ0n) is 17.3. The molecule has 0 N–H and O–H groups in total.